The summed E-state index contributed by atoms with van der Waals surface area (Å²) in [5.41, 5.74) is -0.486. The third kappa shape index (κ3) is 4.21. The van der Waals surface area contributed by atoms with E-state index in [0.717, 1.165) is 19.3 Å². The number of phenolic OH excluding ortho intramolecular Hbond substituents is 1. The van der Waals surface area contributed by atoms with Crippen LogP contribution >= 0.6 is 11.6 Å². The van der Waals surface area contributed by atoms with E-state index in [1.807, 2.05) is 11.8 Å². The summed E-state index contributed by atoms with van der Waals surface area (Å²) in [6.45, 7) is 6.71. The molecular weight excluding hydrogens is 537 g/mol. The first kappa shape index (κ1) is 26.0. The Morgan fingerprint density at radius 1 is 1.23 bits per heavy atom. The van der Waals surface area contributed by atoms with Gasteiger partial charge in [0.1, 0.15) is 23.2 Å². The lowest BCUT2D eigenvalue weighted by Crippen LogP contribution is -2.54. The normalized spacial score (nSPS) is 17.7. The third-order valence-corrected chi connectivity index (χ3v) is 8.01. The second-order valence-corrected chi connectivity index (χ2v) is 10.5. The molecule has 1 aliphatic carbocycles. The van der Waals surface area contributed by atoms with Crippen molar-refractivity contribution in [3.05, 3.63) is 70.5 Å². The van der Waals surface area contributed by atoms with E-state index in [9.17, 15) is 19.1 Å². The highest BCUT2D eigenvalue weighted by atomic mass is 35.5. The number of phenols is 1. The molecule has 40 heavy (non-hydrogen) atoms. The summed E-state index contributed by atoms with van der Waals surface area (Å²) < 4.78 is 18.0. The quantitative estimate of drug-likeness (QED) is 0.364. The monoisotopic (exact) mass is 563 g/mol. The second-order valence-electron chi connectivity index (χ2n) is 10.1. The highest BCUT2D eigenvalue weighted by Gasteiger charge is 2.31. The number of aromatic hydroxyl groups is 1. The minimum absolute atomic E-state index is 0.0718. The molecule has 0 bridgehead atoms. The molecule has 0 spiro atoms. The van der Waals surface area contributed by atoms with Gasteiger partial charge in [-0.1, -0.05) is 24.2 Å². The van der Waals surface area contributed by atoms with Crippen molar-refractivity contribution in [2.45, 2.75) is 38.3 Å². The minimum atomic E-state index is -0.678. The van der Waals surface area contributed by atoms with Crippen molar-refractivity contribution in [2.75, 3.05) is 24.5 Å². The Bertz CT molecular complexity index is 1690. The van der Waals surface area contributed by atoms with Gasteiger partial charge < -0.3 is 14.9 Å². The lowest BCUT2D eigenvalue weighted by Gasteiger charge is -2.40. The molecule has 1 amide bonds. The SMILES string of the molecule is C=CC(=O)N1CCN(c2nc(=O)n(-c3ccnn3C3CCC3)c3nc(-c4c(O)cccc4F)cc(Cl)c23)[C@@H](C)C1. The standard InChI is InChI=1S/C28H27ClFN7O3/c1-3-23(39)34-12-13-35(16(2)15-34)26-24-18(29)14-20(25-19(30)8-5-9-21(25)38)32-27(24)36(28(40)33-26)22-10-11-31-37(22)17-6-4-7-17/h3,5,8-11,14,16-17,38H,1,4,6-7,12-13,15H2,2H3/t16-/m0/s1. The van der Waals surface area contributed by atoms with E-state index in [4.69, 9.17) is 16.6 Å². The average molecular weight is 564 g/mol. The molecule has 1 aliphatic heterocycles. The Labute approximate surface area is 233 Å². The van der Waals surface area contributed by atoms with Gasteiger partial charge in [0.15, 0.2) is 5.65 Å². The molecule has 2 aliphatic rings. The van der Waals surface area contributed by atoms with Crippen molar-refractivity contribution < 1.29 is 14.3 Å². The summed E-state index contributed by atoms with van der Waals surface area (Å²) >= 11 is 6.89. The van der Waals surface area contributed by atoms with E-state index >= 15 is 0 Å². The molecule has 1 saturated carbocycles. The van der Waals surface area contributed by atoms with Crippen LogP contribution in [-0.4, -0.2) is 65.9 Å². The molecule has 206 valence electrons. The number of fused-ring (bicyclic) bond motifs is 1. The number of nitrogens with zero attached hydrogens (tertiary/aromatic N) is 7. The molecule has 0 radical (unpaired) electrons. The summed E-state index contributed by atoms with van der Waals surface area (Å²) in [6.07, 6.45) is 5.83. The number of amides is 1. The number of hydrogen-bond acceptors (Lipinski definition) is 7. The van der Waals surface area contributed by atoms with Crippen LogP contribution in [0.25, 0.3) is 28.1 Å². The largest absolute Gasteiger partial charge is 0.507 e. The fourth-order valence-electron chi connectivity index (χ4n) is 5.46. The van der Waals surface area contributed by atoms with E-state index in [-0.39, 0.29) is 45.7 Å². The Balaban J connectivity index is 1.59. The van der Waals surface area contributed by atoms with Gasteiger partial charge in [0.2, 0.25) is 5.91 Å². The van der Waals surface area contributed by atoms with Crippen molar-refractivity contribution in [1.29, 1.82) is 0 Å². The zero-order valence-electron chi connectivity index (χ0n) is 21.8. The maximum Gasteiger partial charge on any atom is 0.357 e. The lowest BCUT2D eigenvalue weighted by atomic mass is 9.93. The lowest BCUT2D eigenvalue weighted by molar-refractivity contribution is -0.126. The summed E-state index contributed by atoms with van der Waals surface area (Å²) in [7, 11) is 0. The highest BCUT2D eigenvalue weighted by Crippen LogP contribution is 2.39. The predicted octanol–water partition coefficient (Wildman–Crippen LogP) is 4.09. The number of hydrogen-bond donors (Lipinski definition) is 1. The van der Waals surface area contributed by atoms with Crippen molar-refractivity contribution in [1.82, 2.24) is 29.2 Å². The van der Waals surface area contributed by atoms with Crippen LogP contribution in [0.4, 0.5) is 10.2 Å². The van der Waals surface area contributed by atoms with Gasteiger partial charge in [0, 0.05) is 31.7 Å². The van der Waals surface area contributed by atoms with Gasteiger partial charge in [0.25, 0.3) is 0 Å². The maximum atomic E-state index is 14.9. The topological polar surface area (TPSA) is 109 Å². The van der Waals surface area contributed by atoms with Crippen LogP contribution in [-0.2, 0) is 4.79 Å². The zero-order chi connectivity index (χ0) is 28.1. The number of anilines is 1. The number of rotatable bonds is 5. The van der Waals surface area contributed by atoms with Gasteiger partial charge in [-0.25, -0.2) is 23.4 Å². The van der Waals surface area contributed by atoms with Crippen LogP contribution in [0.1, 0.15) is 32.2 Å². The van der Waals surface area contributed by atoms with E-state index < -0.39 is 11.5 Å². The fourth-order valence-corrected chi connectivity index (χ4v) is 5.74. The van der Waals surface area contributed by atoms with Gasteiger partial charge in [-0.15, -0.1) is 0 Å². The van der Waals surface area contributed by atoms with Crippen LogP contribution in [0.3, 0.4) is 0 Å². The van der Waals surface area contributed by atoms with Crippen molar-refractivity contribution in [3.63, 3.8) is 0 Å². The van der Waals surface area contributed by atoms with Crippen molar-refractivity contribution >= 4 is 34.4 Å². The first-order valence-electron chi connectivity index (χ1n) is 13.1. The molecule has 10 nitrogen and oxygen atoms in total. The van der Waals surface area contributed by atoms with Crippen LogP contribution < -0.4 is 10.6 Å². The number of halogens is 2. The predicted molar refractivity (Wildman–Crippen MR) is 149 cm³/mol. The molecule has 2 fully saturated rings. The van der Waals surface area contributed by atoms with Crippen molar-refractivity contribution in [2.24, 2.45) is 0 Å². The average Bonchev–Trinajstić information content (AvgIpc) is 3.34. The molecule has 12 heteroatoms. The Morgan fingerprint density at radius 3 is 2.70 bits per heavy atom. The molecule has 4 heterocycles. The van der Waals surface area contributed by atoms with E-state index in [0.29, 0.717) is 36.7 Å². The number of aromatic nitrogens is 5. The molecule has 0 unspecified atom stereocenters. The first-order valence-corrected chi connectivity index (χ1v) is 13.5. The number of carbonyl (C=O) groups excluding carboxylic acids is 1. The highest BCUT2D eigenvalue weighted by molar-refractivity contribution is 6.36. The van der Waals surface area contributed by atoms with Crippen LogP contribution in [0.15, 0.2) is 54.0 Å². The zero-order valence-corrected chi connectivity index (χ0v) is 22.6. The Hall–Kier alpha value is -4.25. The van der Waals surface area contributed by atoms with Crippen LogP contribution in [0.5, 0.6) is 5.75 Å². The van der Waals surface area contributed by atoms with Crippen molar-refractivity contribution in [3.8, 4) is 22.8 Å². The number of benzene rings is 1. The van der Waals surface area contributed by atoms with Crippen LogP contribution in [0, 0.1) is 5.82 Å². The molecular formula is C28H27ClFN7O3. The molecule has 1 aromatic carbocycles. The molecule has 1 atom stereocenters. The van der Waals surface area contributed by atoms with Crippen LogP contribution in [0.2, 0.25) is 5.02 Å². The van der Waals surface area contributed by atoms with Gasteiger partial charge in [-0.05, 0) is 50.5 Å². The summed E-state index contributed by atoms with van der Waals surface area (Å²) in [6, 6.07) is 7.09. The third-order valence-electron chi connectivity index (χ3n) is 7.71. The fraction of sp³-hybridized carbons (Fsp3) is 0.321. The van der Waals surface area contributed by atoms with E-state index in [1.54, 1.807) is 21.8 Å². The number of carbonyl (C=O) groups is 1. The molecule has 4 aromatic rings. The van der Waals surface area contributed by atoms with E-state index in [2.05, 4.69) is 16.7 Å². The molecule has 6 rings (SSSR count). The minimum Gasteiger partial charge on any atom is -0.507 e. The molecule has 1 N–H and O–H groups in total. The van der Waals surface area contributed by atoms with Gasteiger partial charge >= 0.3 is 5.69 Å². The summed E-state index contributed by atoms with van der Waals surface area (Å²) in [5.74, 6) is -0.347. The molecule has 1 saturated heterocycles. The van der Waals surface area contributed by atoms with Gasteiger partial charge in [0.05, 0.1) is 33.9 Å². The number of piperazine rings is 1. The van der Waals surface area contributed by atoms with E-state index in [1.165, 1.54) is 34.9 Å². The first-order chi connectivity index (χ1) is 19.3. The summed E-state index contributed by atoms with van der Waals surface area (Å²) in [4.78, 5) is 38.8. The number of pyridine rings is 1. The smallest absolute Gasteiger partial charge is 0.357 e. The van der Waals surface area contributed by atoms with Gasteiger partial charge in [-0.3, -0.25) is 4.79 Å². The Morgan fingerprint density at radius 2 is 2.02 bits per heavy atom. The summed E-state index contributed by atoms with van der Waals surface area (Å²) in [5, 5.41) is 15.5. The second kappa shape index (κ2) is 10.1. The van der Waals surface area contributed by atoms with Gasteiger partial charge in [-0.2, -0.15) is 10.1 Å². The maximum absolute atomic E-state index is 14.9. The Kier molecular flexibility index (Phi) is 6.53. The molecule has 3 aromatic heterocycles.